The topological polar surface area (TPSA) is 35.5 Å². The number of ether oxygens (including phenoxy) is 2. The molecule has 3 nitrogen and oxygen atoms in total. The van der Waals surface area contributed by atoms with Gasteiger partial charge in [-0.1, -0.05) is 36.4 Å². The Bertz CT molecular complexity index is 668. The third-order valence-corrected chi connectivity index (χ3v) is 4.70. The van der Waals surface area contributed by atoms with Crippen molar-refractivity contribution in [3.63, 3.8) is 0 Å². The van der Waals surface area contributed by atoms with E-state index in [1.807, 2.05) is 51.1 Å². The quantitative estimate of drug-likeness (QED) is 0.574. The molecule has 1 atom stereocenters. The smallest absolute Gasteiger partial charge is 0.195 e. The van der Waals surface area contributed by atoms with Crippen LogP contribution in [0.3, 0.4) is 0 Å². The van der Waals surface area contributed by atoms with Crippen LogP contribution >= 0.6 is 0 Å². The molecule has 3 heteroatoms. The summed E-state index contributed by atoms with van der Waals surface area (Å²) < 4.78 is 12.2. The number of hydrogen-bond donors (Lipinski definition) is 0. The number of ketones is 1. The predicted octanol–water partition coefficient (Wildman–Crippen LogP) is 4.84. The van der Waals surface area contributed by atoms with Crippen molar-refractivity contribution < 1.29 is 14.3 Å². The Morgan fingerprint density at radius 1 is 1.25 bits per heavy atom. The Balaban J connectivity index is 2.06. The fourth-order valence-corrected chi connectivity index (χ4v) is 3.58. The molecule has 0 amide bonds. The second-order valence-corrected chi connectivity index (χ2v) is 6.90. The first-order chi connectivity index (χ1) is 11.5. The van der Waals surface area contributed by atoms with Crippen LogP contribution < -0.4 is 0 Å². The van der Waals surface area contributed by atoms with Gasteiger partial charge < -0.3 is 9.47 Å². The van der Waals surface area contributed by atoms with Crippen molar-refractivity contribution in [2.24, 2.45) is 0 Å². The molecule has 3 rings (SSSR count). The Hall–Kier alpha value is -1.87. The van der Waals surface area contributed by atoms with Gasteiger partial charge in [-0.3, -0.25) is 4.79 Å². The molecule has 24 heavy (non-hydrogen) atoms. The predicted molar refractivity (Wildman–Crippen MR) is 94.9 cm³/mol. The largest absolute Gasteiger partial charge is 0.495 e. The van der Waals surface area contributed by atoms with Crippen molar-refractivity contribution in [3.05, 3.63) is 58.9 Å². The van der Waals surface area contributed by atoms with Gasteiger partial charge in [0.2, 0.25) is 0 Å². The summed E-state index contributed by atoms with van der Waals surface area (Å²) in [5, 5.41) is 0. The lowest BCUT2D eigenvalue weighted by Crippen LogP contribution is -2.27. The van der Waals surface area contributed by atoms with Crippen molar-refractivity contribution in [3.8, 4) is 0 Å². The summed E-state index contributed by atoms with van der Waals surface area (Å²) in [5.41, 5.74) is 2.01. The third kappa shape index (κ3) is 3.18. The normalized spacial score (nSPS) is 23.1. The van der Waals surface area contributed by atoms with Crippen LogP contribution in [0.25, 0.3) is 0 Å². The summed E-state index contributed by atoms with van der Waals surface area (Å²) in [7, 11) is 0. The van der Waals surface area contributed by atoms with Crippen LogP contribution in [0.5, 0.6) is 0 Å². The van der Waals surface area contributed by atoms with Gasteiger partial charge in [-0.25, -0.2) is 0 Å². The number of benzene rings is 1. The van der Waals surface area contributed by atoms with Gasteiger partial charge in [0.1, 0.15) is 17.5 Å². The van der Waals surface area contributed by atoms with Gasteiger partial charge in [-0.05, 0) is 52.0 Å². The van der Waals surface area contributed by atoms with Crippen LogP contribution in [0, 0.1) is 0 Å². The summed E-state index contributed by atoms with van der Waals surface area (Å²) in [6.45, 7) is 6.44. The van der Waals surface area contributed by atoms with E-state index >= 15 is 0 Å². The summed E-state index contributed by atoms with van der Waals surface area (Å²) in [6.07, 6.45) is 6.39. The maximum Gasteiger partial charge on any atom is 0.195 e. The molecule has 0 aromatic heterocycles. The summed E-state index contributed by atoms with van der Waals surface area (Å²) in [4.78, 5) is 13.2. The van der Waals surface area contributed by atoms with Crippen molar-refractivity contribution in [2.45, 2.75) is 58.2 Å². The third-order valence-electron chi connectivity index (χ3n) is 4.70. The van der Waals surface area contributed by atoms with E-state index in [0.717, 1.165) is 19.3 Å². The monoisotopic (exact) mass is 326 g/mol. The van der Waals surface area contributed by atoms with Crippen molar-refractivity contribution in [1.82, 2.24) is 0 Å². The van der Waals surface area contributed by atoms with Gasteiger partial charge in [-0.2, -0.15) is 0 Å². The average Bonchev–Trinajstić information content (AvgIpc) is 2.87. The molecule has 1 aromatic carbocycles. The highest BCUT2D eigenvalue weighted by Crippen LogP contribution is 2.42. The fraction of sp³-hybridized carbons (Fsp3) is 0.476. The number of hydrogen-bond acceptors (Lipinski definition) is 3. The fourth-order valence-electron chi connectivity index (χ4n) is 3.58. The van der Waals surface area contributed by atoms with Crippen LogP contribution in [0.2, 0.25) is 0 Å². The molecule has 1 heterocycles. The number of rotatable bonds is 5. The minimum atomic E-state index is -0.585. The first-order valence-electron chi connectivity index (χ1n) is 8.88. The van der Waals surface area contributed by atoms with Crippen molar-refractivity contribution >= 4 is 5.78 Å². The minimum Gasteiger partial charge on any atom is -0.495 e. The Labute approximate surface area is 144 Å². The molecule has 0 radical (unpaired) electrons. The molecule has 0 unspecified atom stereocenters. The summed E-state index contributed by atoms with van der Waals surface area (Å²) >= 11 is 0. The lowest BCUT2D eigenvalue weighted by molar-refractivity contribution is -0.0206. The number of Topliss-reactive ketones (excluding diaryl/α,β-unsaturated/α-hetero) is 1. The Kier molecular flexibility index (Phi) is 4.91. The molecule has 0 N–H and O–H groups in total. The molecule has 1 aromatic rings. The first kappa shape index (κ1) is 17.0. The highest BCUT2D eigenvalue weighted by Gasteiger charge is 2.46. The second-order valence-electron chi connectivity index (χ2n) is 6.90. The number of allylic oxidation sites excluding steroid dienone is 1. The molecule has 2 aliphatic rings. The highest BCUT2D eigenvalue weighted by atomic mass is 16.6. The van der Waals surface area contributed by atoms with Crippen LogP contribution in [0.4, 0.5) is 0 Å². The SMILES string of the molecule is CCOC1=C(C(=O)c2ccccc2)[C@H](C2=CCCCC2)OC1(C)C. The van der Waals surface area contributed by atoms with E-state index in [4.69, 9.17) is 9.47 Å². The molecule has 0 saturated heterocycles. The average molecular weight is 326 g/mol. The number of carbonyl (C=O) groups is 1. The molecular weight excluding hydrogens is 300 g/mol. The summed E-state index contributed by atoms with van der Waals surface area (Å²) in [6, 6.07) is 9.42. The Morgan fingerprint density at radius 2 is 2.00 bits per heavy atom. The molecule has 0 bridgehead atoms. The Morgan fingerprint density at radius 3 is 2.62 bits per heavy atom. The van der Waals surface area contributed by atoms with Gasteiger partial charge in [-0.15, -0.1) is 0 Å². The van der Waals surface area contributed by atoms with Crippen LogP contribution in [-0.4, -0.2) is 24.1 Å². The van der Waals surface area contributed by atoms with E-state index in [9.17, 15) is 4.79 Å². The zero-order valence-electron chi connectivity index (χ0n) is 14.8. The van der Waals surface area contributed by atoms with Crippen LogP contribution in [0.15, 0.2) is 53.3 Å². The van der Waals surface area contributed by atoms with Gasteiger partial charge in [0.15, 0.2) is 5.78 Å². The second kappa shape index (κ2) is 6.94. The zero-order chi connectivity index (χ0) is 17.2. The van der Waals surface area contributed by atoms with Crippen molar-refractivity contribution in [2.75, 3.05) is 6.61 Å². The van der Waals surface area contributed by atoms with Crippen LogP contribution in [0.1, 0.15) is 56.8 Å². The molecular formula is C21H26O3. The number of carbonyl (C=O) groups excluding carboxylic acids is 1. The molecule has 0 spiro atoms. The van der Waals surface area contributed by atoms with Gasteiger partial charge >= 0.3 is 0 Å². The van der Waals surface area contributed by atoms with Gasteiger partial charge in [0.05, 0.1) is 12.2 Å². The molecule has 1 aliphatic heterocycles. The zero-order valence-corrected chi connectivity index (χ0v) is 14.8. The standard InChI is InChI=1S/C21H26O3/c1-4-23-20-17(18(22)15-11-7-5-8-12-15)19(24-21(20,2)3)16-13-9-6-10-14-16/h5,7-8,11-13,19H,4,6,9-10,14H2,1-3H3/t19-/m0/s1. The van der Waals surface area contributed by atoms with E-state index in [0.29, 0.717) is 23.5 Å². The molecule has 1 aliphatic carbocycles. The van der Waals surface area contributed by atoms with E-state index in [2.05, 4.69) is 6.08 Å². The molecule has 128 valence electrons. The van der Waals surface area contributed by atoms with E-state index in [-0.39, 0.29) is 11.9 Å². The van der Waals surface area contributed by atoms with Crippen molar-refractivity contribution in [1.29, 1.82) is 0 Å². The first-order valence-corrected chi connectivity index (χ1v) is 8.88. The highest BCUT2D eigenvalue weighted by molar-refractivity contribution is 6.10. The molecule has 0 saturated carbocycles. The van der Waals surface area contributed by atoms with Crippen LogP contribution in [-0.2, 0) is 9.47 Å². The lowest BCUT2D eigenvalue weighted by Gasteiger charge is -2.25. The van der Waals surface area contributed by atoms with E-state index < -0.39 is 5.60 Å². The van der Waals surface area contributed by atoms with Gasteiger partial charge in [0.25, 0.3) is 0 Å². The maximum absolute atomic E-state index is 13.2. The lowest BCUT2D eigenvalue weighted by atomic mass is 9.88. The van der Waals surface area contributed by atoms with E-state index in [1.54, 1.807) is 0 Å². The maximum atomic E-state index is 13.2. The van der Waals surface area contributed by atoms with E-state index in [1.165, 1.54) is 12.0 Å². The molecule has 0 fully saturated rings. The minimum absolute atomic E-state index is 0.0149. The van der Waals surface area contributed by atoms with Gasteiger partial charge in [0, 0.05) is 5.56 Å². The summed E-state index contributed by atoms with van der Waals surface area (Å²) in [5.74, 6) is 0.705.